The van der Waals surface area contributed by atoms with E-state index < -0.39 is 0 Å². The van der Waals surface area contributed by atoms with Crippen molar-refractivity contribution in [1.29, 1.82) is 0 Å². The summed E-state index contributed by atoms with van der Waals surface area (Å²) in [6.07, 6.45) is 2.37. The van der Waals surface area contributed by atoms with Gasteiger partial charge in [0.05, 0.1) is 0 Å². The van der Waals surface area contributed by atoms with E-state index in [1.54, 1.807) is 0 Å². The summed E-state index contributed by atoms with van der Waals surface area (Å²) in [4.78, 5) is 0. The van der Waals surface area contributed by atoms with Gasteiger partial charge in [0, 0.05) is 6.04 Å². The molecule has 0 saturated heterocycles. The first-order chi connectivity index (χ1) is 6.68. The lowest BCUT2D eigenvalue weighted by Crippen LogP contribution is -2.26. The standard InChI is InChI=1S/C13H19N/c1-9-5-3-4-6-11(9)8-13(14)12-7-10(12)2/h3-6,10,12-13H,7-8,14H2,1-2H3. The summed E-state index contributed by atoms with van der Waals surface area (Å²) in [5.41, 5.74) is 8.96. The van der Waals surface area contributed by atoms with Crippen molar-refractivity contribution >= 4 is 0 Å². The Morgan fingerprint density at radius 3 is 2.64 bits per heavy atom. The minimum Gasteiger partial charge on any atom is -0.327 e. The largest absolute Gasteiger partial charge is 0.327 e. The van der Waals surface area contributed by atoms with Gasteiger partial charge in [-0.25, -0.2) is 0 Å². The van der Waals surface area contributed by atoms with E-state index in [1.807, 2.05) is 0 Å². The third-order valence-corrected chi connectivity index (χ3v) is 3.44. The molecule has 1 heteroatoms. The van der Waals surface area contributed by atoms with Crippen LogP contribution < -0.4 is 5.73 Å². The fraction of sp³-hybridized carbons (Fsp3) is 0.538. The van der Waals surface area contributed by atoms with Gasteiger partial charge in [0.25, 0.3) is 0 Å². The Kier molecular flexibility index (Phi) is 2.60. The van der Waals surface area contributed by atoms with E-state index in [4.69, 9.17) is 5.73 Å². The molecule has 0 heterocycles. The molecule has 0 aromatic heterocycles. The average Bonchev–Trinajstić information content (AvgIpc) is 2.87. The van der Waals surface area contributed by atoms with Gasteiger partial charge in [0.15, 0.2) is 0 Å². The highest BCUT2D eigenvalue weighted by Gasteiger charge is 2.37. The predicted molar refractivity (Wildman–Crippen MR) is 60.1 cm³/mol. The topological polar surface area (TPSA) is 26.0 Å². The molecule has 3 unspecified atom stereocenters. The predicted octanol–water partition coefficient (Wildman–Crippen LogP) is 2.52. The molecule has 2 rings (SSSR count). The van der Waals surface area contributed by atoms with Crippen LogP contribution >= 0.6 is 0 Å². The van der Waals surface area contributed by atoms with Crippen LogP contribution in [0.5, 0.6) is 0 Å². The van der Waals surface area contributed by atoms with E-state index in [-0.39, 0.29) is 0 Å². The van der Waals surface area contributed by atoms with Crippen molar-refractivity contribution < 1.29 is 0 Å². The van der Waals surface area contributed by atoms with Crippen LogP contribution in [0.1, 0.15) is 24.5 Å². The maximum absolute atomic E-state index is 6.17. The summed E-state index contributed by atoms with van der Waals surface area (Å²) in [5.74, 6) is 1.63. The van der Waals surface area contributed by atoms with Crippen LogP contribution in [0.15, 0.2) is 24.3 Å². The molecule has 1 nitrogen and oxygen atoms in total. The molecule has 0 spiro atoms. The maximum Gasteiger partial charge on any atom is 0.0110 e. The van der Waals surface area contributed by atoms with Crippen LogP contribution in [0, 0.1) is 18.8 Å². The zero-order chi connectivity index (χ0) is 10.1. The summed E-state index contributed by atoms with van der Waals surface area (Å²) in [7, 11) is 0. The van der Waals surface area contributed by atoms with Crippen molar-refractivity contribution in [2.24, 2.45) is 17.6 Å². The molecule has 76 valence electrons. The molecule has 1 fully saturated rings. The van der Waals surface area contributed by atoms with E-state index in [9.17, 15) is 0 Å². The van der Waals surface area contributed by atoms with Gasteiger partial charge in [-0.1, -0.05) is 31.2 Å². The van der Waals surface area contributed by atoms with Crippen LogP contribution in [-0.2, 0) is 6.42 Å². The third kappa shape index (κ3) is 1.98. The molecule has 1 aromatic rings. The van der Waals surface area contributed by atoms with Gasteiger partial charge in [0.1, 0.15) is 0 Å². The Hall–Kier alpha value is -0.820. The highest BCUT2D eigenvalue weighted by Crippen LogP contribution is 2.40. The van der Waals surface area contributed by atoms with Gasteiger partial charge in [-0.05, 0) is 42.7 Å². The van der Waals surface area contributed by atoms with E-state index >= 15 is 0 Å². The Balaban J connectivity index is 2.00. The third-order valence-electron chi connectivity index (χ3n) is 3.44. The van der Waals surface area contributed by atoms with Crippen LogP contribution in [0.3, 0.4) is 0 Å². The van der Waals surface area contributed by atoms with Gasteiger partial charge in [0.2, 0.25) is 0 Å². The first-order valence-electron chi connectivity index (χ1n) is 5.48. The van der Waals surface area contributed by atoms with Gasteiger partial charge >= 0.3 is 0 Å². The molecule has 1 saturated carbocycles. The van der Waals surface area contributed by atoms with Crippen molar-refractivity contribution in [3.05, 3.63) is 35.4 Å². The summed E-state index contributed by atoms with van der Waals surface area (Å²) in [6.45, 7) is 4.46. The number of hydrogen-bond donors (Lipinski definition) is 1. The second kappa shape index (κ2) is 3.74. The van der Waals surface area contributed by atoms with Gasteiger partial charge in [-0.15, -0.1) is 0 Å². The number of rotatable bonds is 3. The summed E-state index contributed by atoms with van der Waals surface area (Å²) < 4.78 is 0. The van der Waals surface area contributed by atoms with Gasteiger partial charge in [-0.2, -0.15) is 0 Å². The van der Waals surface area contributed by atoms with Crippen molar-refractivity contribution in [3.8, 4) is 0 Å². The van der Waals surface area contributed by atoms with Crippen LogP contribution in [0.2, 0.25) is 0 Å². The Morgan fingerprint density at radius 1 is 1.43 bits per heavy atom. The van der Waals surface area contributed by atoms with E-state index in [0.717, 1.165) is 18.3 Å². The van der Waals surface area contributed by atoms with Crippen molar-refractivity contribution in [2.45, 2.75) is 32.7 Å². The van der Waals surface area contributed by atoms with Crippen LogP contribution in [-0.4, -0.2) is 6.04 Å². The number of aryl methyl sites for hydroxylation is 1. The fourth-order valence-corrected chi connectivity index (χ4v) is 2.19. The second-order valence-corrected chi connectivity index (χ2v) is 4.67. The highest BCUT2D eigenvalue weighted by atomic mass is 14.7. The van der Waals surface area contributed by atoms with Crippen molar-refractivity contribution in [2.75, 3.05) is 0 Å². The Bertz CT molecular complexity index is 319. The smallest absolute Gasteiger partial charge is 0.0110 e. The molecule has 0 radical (unpaired) electrons. The number of nitrogens with two attached hydrogens (primary N) is 1. The van der Waals surface area contributed by atoms with Gasteiger partial charge < -0.3 is 5.73 Å². The molecular formula is C13H19N. The SMILES string of the molecule is Cc1ccccc1CC(N)C1CC1C. The van der Waals surface area contributed by atoms with Crippen LogP contribution in [0.25, 0.3) is 0 Å². The van der Waals surface area contributed by atoms with E-state index in [0.29, 0.717) is 6.04 Å². The Labute approximate surface area is 86.3 Å². The molecule has 1 aliphatic rings. The number of benzene rings is 1. The second-order valence-electron chi connectivity index (χ2n) is 4.67. The molecule has 1 aromatic carbocycles. The fourth-order valence-electron chi connectivity index (χ4n) is 2.19. The molecule has 2 N–H and O–H groups in total. The first kappa shape index (κ1) is 9.72. The molecule has 0 amide bonds. The Morgan fingerprint density at radius 2 is 2.07 bits per heavy atom. The lowest BCUT2D eigenvalue weighted by atomic mass is 9.98. The monoisotopic (exact) mass is 189 g/mol. The molecule has 0 bridgehead atoms. The van der Waals surface area contributed by atoms with Crippen molar-refractivity contribution in [1.82, 2.24) is 0 Å². The van der Waals surface area contributed by atoms with E-state index in [1.165, 1.54) is 17.5 Å². The minimum atomic E-state index is 0.367. The molecule has 14 heavy (non-hydrogen) atoms. The summed E-state index contributed by atoms with van der Waals surface area (Å²) >= 11 is 0. The van der Waals surface area contributed by atoms with Gasteiger partial charge in [-0.3, -0.25) is 0 Å². The normalized spacial score (nSPS) is 27.4. The first-order valence-corrected chi connectivity index (χ1v) is 5.48. The maximum atomic E-state index is 6.17. The quantitative estimate of drug-likeness (QED) is 0.777. The molecule has 1 aliphatic carbocycles. The summed E-state index contributed by atoms with van der Waals surface area (Å²) in [5, 5.41) is 0. The van der Waals surface area contributed by atoms with Crippen molar-refractivity contribution in [3.63, 3.8) is 0 Å². The lowest BCUT2D eigenvalue weighted by Gasteiger charge is -2.12. The average molecular weight is 189 g/mol. The van der Waals surface area contributed by atoms with E-state index in [2.05, 4.69) is 38.1 Å². The highest BCUT2D eigenvalue weighted by molar-refractivity contribution is 5.26. The van der Waals surface area contributed by atoms with Crippen LogP contribution in [0.4, 0.5) is 0 Å². The molecular weight excluding hydrogens is 170 g/mol. The summed E-state index contributed by atoms with van der Waals surface area (Å²) in [6, 6.07) is 8.92. The molecule has 3 atom stereocenters. The number of hydrogen-bond acceptors (Lipinski definition) is 1. The zero-order valence-corrected chi connectivity index (χ0v) is 9.03. The zero-order valence-electron chi connectivity index (χ0n) is 9.03. The molecule has 0 aliphatic heterocycles. The minimum absolute atomic E-state index is 0.367. The lowest BCUT2D eigenvalue weighted by molar-refractivity contribution is 0.559.